The fourth-order valence-corrected chi connectivity index (χ4v) is 3.82. The number of para-hydroxylation sites is 1. The number of nitrogens with one attached hydrogen (secondary N) is 3. The highest BCUT2D eigenvalue weighted by Crippen LogP contribution is 2.25. The maximum absolute atomic E-state index is 13.0. The molecule has 2 aromatic carbocycles. The number of methoxy groups -OCH3 is 1. The normalized spacial score (nSPS) is 17.1. The minimum atomic E-state index is -0.393. The molecule has 4 rings (SSSR count). The summed E-state index contributed by atoms with van der Waals surface area (Å²) < 4.78 is 5.37. The standard InChI is InChI=1S/C25H24N4O5/c1-34-22-12-16(23(31)17-4-2-3-5-21(17)30)6-7-18(22)25(33)29-20-14-27-13-19(20)28-24(32)15-8-10-26-11-9-15/h2-12,19-20,27,30H,13-14H2,1H3,(H,28,32)(H,29,33)/t19-,20-/m1/s1. The van der Waals surface area contributed by atoms with Gasteiger partial charge in [-0.3, -0.25) is 19.4 Å². The van der Waals surface area contributed by atoms with E-state index in [2.05, 4.69) is 20.9 Å². The maximum atomic E-state index is 13.0. The Morgan fingerprint density at radius 1 is 0.912 bits per heavy atom. The van der Waals surface area contributed by atoms with E-state index in [-0.39, 0.29) is 52.0 Å². The lowest BCUT2D eigenvalue weighted by Gasteiger charge is -2.22. The van der Waals surface area contributed by atoms with Gasteiger partial charge in [0.1, 0.15) is 11.5 Å². The van der Waals surface area contributed by atoms with Gasteiger partial charge in [-0.2, -0.15) is 0 Å². The summed E-state index contributed by atoms with van der Waals surface area (Å²) in [6.07, 6.45) is 3.09. The molecule has 0 aliphatic carbocycles. The second-order valence-electron chi connectivity index (χ2n) is 7.82. The van der Waals surface area contributed by atoms with Crippen LogP contribution >= 0.6 is 0 Å². The van der Waals surface area contributed by atoms with E-state index in [0.717, 1.165) is 0 Å². The van der Waals surface area contributed by atoms with Crippen molar-refractivity contribution in [3.63, 3.8) is 0 Å². The Morgan fingerprint density at radius 2 is 1.59 bits per heavy atom. The third kappa shape index (κ3) is 4.89. The van der Waals surface area contributed by atoms with Gasteiger partial charge in [0.05, 0.1) is 30.3 Å². The minimum Gasteiger partial charge on any atom is -0.507 e. The smallest absolute Gasteiger partial charge is 0.255 e. The Hall–Kier alpha value is -4.24. The molecule has 0 spiro atoms. The maximum Gasteiger partial charge on any atom is 0.255 e. The molecule has 2 heterocycles. The molecule has 174 valence electrons. The summed E-state index contributed by atoms with van der Waals surface area (Å²) in [7, 11) is 1.41. The molecule has 0 radical (unpaired) electrons. The summed E-state index contributed by atoms with van der Waals surface area (Å²) in [6, 6.07) is 13.3. The average Bonchev–Trinajstić information content (AvgIpc) is 3.30. The third-order valence-electron chi connectivity index (χ3n) is 5.65. The first-order valence-electron chi connectivity index (χ1n) is 10.7. The number of ether oxygens (including phenoxy) is 1. The van der Waals surface area contributed by atoms with Gasteiger partial charge >= 0.3 is 0 Å². The quantitative estimate of drug-likeness (QED) is 0.394. The highest BCUT2D eigenvalue weighted by atomic mass is 16.5. The van der Waals surface area contributed by atoms with Crippen LogP contribution in [-0.2, 0) is 0 Å². The van der Waals surface area contributed by atoms with E-state index in [1.807, 2.05) is 0 Å². The van der Waals surface area contributed by atoms with E-state index >= 15 is 0 Å². The molecule has 0 unspecified atom stereocenters. The largest absolute Gasteiger partial charge is 0.507 e. The van der Waals surface area contributed by atoms with Crippen molar-refractivity contribution in [3.05, 3.63) is 89.2 Å². The predicted molar refractivity (Wildman–Crippen MR) is 124 cm³/mol. The van der Waals surface area contributed by atoms with Gasteiger partial charge in [0.2, 0.25) is 0 Å². The summed E-state index contributed by atoms with van der Waals surface area (Å²) in [5.74, 6) is -0.929. The van der Waals surface area contributed by atoms with Gasteiger partial charge in [-0.15, -0.1) is 0 Å². The second kappa shape index (κ2) is 10.1. The number of benzene rings is 2. The Labute approximate surface area is 196 Å². The van der Waals surface area contributed by atoms with E-state index in [1.54, 1.807) is 36.7 Å². The molecule has 1 saturated heterocycles. The number of carbonyl (C=O) groups is 3. The highest BCUT2D eigenvalue weighted by molar-refractivity contribution is 6.11. The zero-order valence-corrected chi connectivity index (χ0v) is 18.4. The molecule has 1 aliphatic rings. The number of hydrogen-bond donors (Lipinski definition) is 4. The summed E-state index contributed by atoms with van der Waals surface area (Å²) in [5, 5.41) is 19.0. The summed E-state index contributed by atoms with van der Waals surface area (Å²) in [5.41, 5.74) is 1.17. The number of phenolic OH excluding ortho intramolecular Hbond substituents is 1. The van der Waals surface area contributed by atoms with E-state index in [9.17, 15) is 19.5 Å². The van der Waals surface area contributed by atoms with Crippen LogP contribution in [-0.4, -0.2) is 60.0 Å². The molecule has 0 bridgehead atoms. The van der Waals surface area contributed by atoms with E-state index < -0.39 is 5.91 Å². The molecule has 9 heteroatoms. The lowest BCUT2D eigenvalue weighted by molar-refractivity contribution is 0.0895. The molecule has 0 saturated carbocycles. The van der Waals surface area contributed by atoms with Gasteiger partial charge in [0, 0.05) is 36.6 Å². The van der Waals surface area contributed by atoms with Crippen molar-refractivity contribution in [2.45, 2.75) is 12.1 Å². The summed E-state index contributed by atoms with van der Waals surface area (Å²) in [6.45, 7) is 0.992. The van der Waals surface area contributed by atoms with Crippen molar-refractivity contribution in [3.8, 4) is 11.5 Å². The molecule has 9 nitrogen and oxygen atoms in total. The molecule has 2 atom stereocenters. The fraction of sp³-hybridized carbons (Fsp3) is 0.200. The van der Waals surface area contributed by atoms with Gasteiger partial charge in [0.15, 0.2) is 5.78 Å². The monoisotopic (exact) mass is 460 g/mol. The number of nitrogens with zero attached hydrogens (tertiary/aromatic N) is 1. The van der Waals surface area contributed by atoms with Crippen LogP contribution in [0.25, 0.3) is 0 Å². The first kappa shape index (κ1) is 22.9. The third-order valence-corrected chi connectivity index (χ3v) is 5.65. The van der Waals surface area contributed by atoms with Crippen LogP contribution < -0.4 is 20.7 Å². The van der Waals surface area contributed by atoms with E-state index in [0.29, 0.717) is 18.7 Å². The minimum absolute atomic E-state index is 0.123. The van der Waals surface area contributed by atoms with E-state index in [4.69, 9.17) is 4.74 Å². The fourth-order valence-electron chi connectivity index (χ4n) is 3.82. The predicted octanol–water partition coefficient (Wildman–Crippen LogP) is 1.53. The Balaban J connectivity index is 1.47. The highest BCUT2D eigenvalue weighted by Gasteiger charge is 2.31. The number of hydrogen-bond acceptors (Lipinski definition) is 7. The van der Waals surface area contributed by atoms with Crippen molar-refractivity contribution in [1.29, 1.82) is 0 Å². The van der Waals surface area contributed by atoms with Crippen molar-refractivity contribution in [2.24, 2.45) is 0 Å². The van der Waals surface area contributed by atoms with Crippen molar-refractivity contribution < 1.29 is 24.2 Å². The number of phenols is 1. The summed E-state index contributed by atoms with van der Waals surface area (Å²) >= 11 is 0. The molecule has 1 fully saturated rings. The topological polar surface area (TPSA) is 130 Å². The van der Waals surface area contributed by atoms with Crippen LogP contribution in [0.15, 0.2) is 67.0 Å². The lowest BCUT2D eigenvalue weighted by atomic mass is 10.00. The molecule has 2 amide bonds. The lowest BCUT2D eigenvalue weighted by Crippen LogP contribution is -2.51. The van der Waals surface area contributed by atoms with Gasteiger partial charge in [-0.05, 0) is 42.5 Å². The van der Waals surface area contributed by atoms with Crippen molar-refractivity contribution in [2.75, 3.05) is 20.2 Å². The number of carbonyl (C=O) groups excluding carboxylic acids is 3. The van der Waals surface area contributed by atoms with Crippen LogP contribution in [0.3, 0.4) is 0 Å². The number of aromatic nitrogens is 1. The van der Waals surface area contributed by atoms with Crippen LogP contribution in [0.5, 0.6) is 11.5 Å². The van der Waals surface area contributed by atoms with Gasteiger partial charge in [-0.25, -0.2) is 0 Å². The zero-order chi connectivity index (χ0) is 24.1. The Morgan fingerprint density at radius 3 is 2.26 bits per heavy atom. The van der Waals surface area contributed by atoms with Gasteiger partial charge in [0.25, 0.3) is 11.8 Å². The van der Waals surface area contributed by atoms with Crippen LogP contribution in [0.4, 0.5) is 0 Å². The second-order valence-corrected chi connectivity index (χ2v) is 7.82. The molecular formula is C25H24N4O5. The van der Waals surface area contributed by atoms with Crippen molar-refractivity contribution >= 4 is 17.6 Å². The molecule has 4 N–H and O–H groups in total. The number of aromatic hydroxyl groups is 1. The molecule has 34 heavy (non-hydrogen) atoms. The number of ketones is 1. The molecule has 3 aromatic rings. The summed E-state index contributed by atoms with van der Waals surface area (Å²) in [4.78, 5) is 42.2. The number of rotatable bonds is 7. The molecule has 1 aliphatic heterocycles. The zero-order valence-electron chi connectivity index (χ0n) is 18.4. The van der Waals surface area contributed by atoms with Crippen LogP contribution in [0, 0.1) is 0 Å². The molecule has 1 aromatic heterocycles. The van der Waals surface area contributed by atoms with E-state index in [1.165, 1.54) is 37.4 Å². The average molecular weight is 460 g/mol. The Bertz CT molecular complexity index is 1210. The van der Waals surface area contributed by atoms with Crippen LogP contribution in [0.2, 0.25) is 0 Å². The Kier molecular flexibility index (Phi) is 6.84. The van der Waals surface area contributed by atoms with Gasteiger partial charge < -0.3 is 25.8 Å². The number of amides is 2. The number of pyridine rings is 1. The molecular weight excluding hydrogens is 436 g/mol. The first-order valence-corrected chi connectivity index (χ1v) is 10.7. The van der Waals surface area contributed by atoms with Gasteiger partial charge in [-0.1, -0.05) is 12.1 Å². The SMILES string of the molecule is COc1cc(C(=O)c2ccccc2O)ccc1C(=O)N[C@@H]1CNC[C@H]1NC(=O)c1ccncc1. The van der Waals surface area contributed by atoms with Crippen LogP contribution in [0.1, 0.15) is 36.6 Å². The first-order chi connectivity index (χ1) is 16.5. The van der Waals surface area contributed by atoms with Crippen molar-refractivity contribution in [1.82, 2.24) is 20.9 Å².